The van der Waals surface area contributed by atoms with Crippen molar-refractivity contribution in [3.63, 3.8) is 0 Å². The zero-order chi connectivity index (χ0) is 15.2. The minimum absolute atomic E-state index is 0.634. The van der Waals surface area contributed by atoms with Gasteiger partial charge in [-0.05, 0) is 38.0 Å². The molecule has 0 saturated carbocycles. The molecule has 0 aliphatic heterocycles. The molecular formula is C15H18Cl2N4. The minimum Gasteiger partial charge on any atom is -0.369 e. The molecule has 0 aliphatic rings. The lowest BCUT2D eigenvalue weighted by Gasteiger charge is -2.11. The van der Waals surface area contributed by atoms with Gasteiger partial charge in [0.2, 0.25) is 5.95 Å². The Balaban J connectivity index is 1.98. The molecule has 2 N–H and O–H groups in total. The molecule has 0 atom stereocenters. The SMILES string of the molecule is CCNc1ncc(C)c(NCCc2ccc(Cl)cc2Cl)n1. The summed E-state index contributed by atoms with van der Waals surface area (Å²) in [7, 11) is 0. The highest BCUT2D eigenvalue weighted by molar-refractivity contribution is 6.35. The van der Waals surface area contributed by atoms with Crippen molar-refractivity contribution in [1.82, 2.24) is 9.97 Å². The maximum atomic E-state index is 6.16. The van der Waals surface area contributed by atoms with Crippen molar-refractivity contribution in [2.45, 2.75) is 20.3 Å². The topological polar surface area (TPSA) is 49.8 Å². The van der Waals surface area contributed by atoms with E-state index in [-0.39, 0.29) is 0 Å². The quantitative estimate of drug-likeness (QED) is 0.836. The van der Waals surface area contributed by atoms with E-state index in [9.17, 15) is 0 Å². The van der Waals surface area contributed by atoms with Gasteiger partial charge in [0, 0.05) is 34.9 Å². The lowest BCUT2D eigenvalue weighted by Crippen LogP contribution is -2.10. The van der Waals surface area contributed by atoms with Gasteiger partial charge >= 0.3 is 0 Å². The lowest BCUT2D eigenvalue weighted by molar-refractivity contribution is 0.987. The van der Waals surface area contributed by atoms with Crippen molar-refractivity contribution in [2.24, 2.45) is 0 Å². The summed E-state index contributed by atoms with van der Waals surface area (Å²) in [6, 6.07) is 5.56. The normalized spacial score (nSPS) is 10.5. The fourth-order valence-electron chi connectivity index (χ4n) is 1.90. The van der Waals surface area contributed by atoms with Gasteiger partial charge in [-0.3, -0.25) is 0 Å². The second-order valence-corrected chi connectivity index (χ2v) is 5.51. The van der Waals surface area contributed by atoms with Crippen LogP contribution < -0.4 is 10.6 Å². The molecule has 0 radical (unpaired) electrons. The van der Waals surface area contributed by atoms with Gasteiger partial charge in [-0.25, -0.2) is 4.98 Å². The number of aromatic nitrogens is 2. The Labute approximate surface area is 134 Å². The maximum Gasteiger partial charge on any atom is 0.224 e. The largest absolute Gasteiger partial charge is 0.369 e. The predicted octanol–water partition coefficient (Wildman–Crippen LogP) is 4.18. The average Bonchev–Trinajstić information content (AvgIpc) is 2.45. The molecule has 21 heavy (non-hydrogen) atoms. The number of benzene rings is 1. The third kappa shape index (κ3) is 4.48. The van der Waals surface area contributed by atoms with Crippen LogP contribution in [0.3, 0.4) is 0 Å². The molecule has 0 saturated heterocycles. The Bertz CT molecular complexity index is 617. The number of hydrogen-bond acceptors (Lipinski definition) is 4. The molecule has 112 valence electrons. The highest BCUT2D eigenvalue weighted by Gasteiger charge is 2.05. The van der Waals surface area contributed by atoms with Gasteiger partial charge in [0.05, 0.1) is 0 Å². The summed E-state index contributed by atoms with van der Waals surface area (Å²) < 4.78 is 0. The molecular weight excluding hydrogens is 307 g/mol. The van der Waals surface area contributed by atoms with Crippen LogP contribution in [0.25, 0.3) is 0 Å². The van der Waals surface area contributed by atoms with Gasteiger partial charge in [0.1, 0.15) is 5.82 Å². The summed E-state index contributed by atoms with van der Waals surface area (Å²) in [6.07, 6.45) is 2.61. The summed E-state index contributed by atoms with van der Waals surface area (Å²) in [6.45, 7) is 5.53. The molecule has 1 aromatic carbocycles. The minimum atomic E-state index is 0.634. The molecule has 0 amide bonds. The fourth-order valence-corrected chi connectivity index (χ4v) is 2.41. The van der Waals surface area contributed by atoms with E-state index >= 15 is 0 Å². The molecule has 0 aliphatic carbocycles. The van der Waals surface area contributed by atoms with Crippen LogP contribution in [0.2, 0.25) is 10.0 Å². The van der Waals surface area contributed by atoms with Crippen molar-refractivity contribution in [2.75, 3.05) is 23.7 Å². The van der Waals surface area contributed by atoms with Gasteiger partial charge in [0.25, 0.3) is 0 Å². The molecule has 1 heterocycles. The fraction of sp³-hybridized carbons (Fsp3) is 0.333. The summed E-state index contributed by atoms with van der Waals surface area (Å²) in [5.41, 5.74) is 2.08. The molecule has 0 spiro atoms. The molecule has 0 unspecified atom stereocenters. The predicted molar refractivity (Wildman–Crippen MR) is 89.6 cm³/mol. The van der Waals surface area contributed by atoms with Crippen molar-refractivity contribution in [3.05, 3.63) is 45.6 Å². The molecule has 1 aromatic heterocycles. The van der Waals surface area contributed by atoms with E-state index in [0.29, 0.717) is 16.0 Å². The van der Waals surface area contributed by atoms with Crippen LogP contribution in [0.15, 0.2) is 24.4 Å². The zero-order valence-corrected chi connectivity index (χ0v) is 13.6. The van der Waals surface area contributed by atoms with E-state index in [4.69, 9.17) is 23.2 Å². The number of halogens is 2. The number of rotatable bonds is 6. The third-order valence-electron chi connectivity index (χ3n) is 3.01. The third-order valence-corrected chi connectivity index (χ3v) is 3.60. The first-order valence-corrected chi connectivity index (χ1v) is 7.61. The van der Waals surface area contributed by atoms with E-state index in [1.807, 2.05) is 32.2 Å². The number of nitrogens with one attached hydrogen (secondary N) is 2. The zero-order valence-electron chi connectivity index (χ0n) is 12.1. The Morgan fingerprint density at radius 1 is 1.19 bits per heavy atom. The summed E-state index contributed by atoms with van der Waals surface area (Å²) in [4.78, 5) is 8.66. The van der Waals surface area contributed by atoms with E-state index in [1.165, 1.54) is 0 Å². The van der Waals surface area contributed by atoms with Crippen molar-refractivity contribution in [3.8, 4) is 0 Å². The molecule has 2 rings (SSSR count). The number of nitrogens with zero attached hydrogens (tertiary/aromatic N) is 2. The van der Waals surface area contributed by atoms with Crippen LogP contribution >= 0.6 is 23.2 Å². The van der Waals surface area contributed by atoms with Crippen LogP contribution in [0.4, 0.5) is 11.8 Å². The van der Waals surface area contributed by atoms with Crippen LogP contribution in [0.5, 0.6) is 0 Å². The van der Waals surface area contributed by atoms with Crippen LogP contribution in [-0.4, -0.2) is 23.1 Å². The van der Waals surface area contributed by atoms with Crippen molar-refractivity contribution in [1.29, 1.82) is 0 Å². The van der Waals surface area contributed by atoms with Gasteiger partial charge < -0.3 is 10.6 Å². The van der Waals surface area contributed by atoms with E-state index in [1.54, 1.807) is 6.07 Å². The Morgan fingerprint density at radius 3 is 2.71 bits per heavy atom. The first kappa shape index (κ1) is 15.9. The summed E-state index contributed by atoms with van der Waals surface area (Å²) >= 11 is 12.1. The molecule has 2 aromatic rings. The Morgan fingerprint density at radius 2 is 2.00 bits per heavy atom. The Kier molecular flexibility index (Phi) is 5.65. The van der Waals surface area contributed by atoms with Crippen molar-refractivity contribution >= 4 is 35.0 Å². The summed E-state index contributed by atoms with van der Waals surface area (Å²) in [5.74, 6) is 1.47. The average molecular weight is 325 g/mol. The molecule has 0 fully saturated rings. The number of anilines is 2. The van der Waals surface area contributed by atoms with E-state index in [2.05, 4.69) is 20.6 Å². The lowest BCUT2D eigenvalue weighted by atomic mass is 10.1. The Hall–Kier alpha value is -1.52. The smallest absolute Gasteiger partial charge is 0.224 e. The van der Waals surface area contributed by atoms with Crippen LogP contribution in [0.1, 0.15) is 18.1 Å². The first-order valence-electron chi connectivity index (χ1n) is 6.85. The highest BCUT2D eigenvalue weighted by atomic mass is 35.5. The van der Waals surface area contributed by atoms with Gasteiger partial charge in [-0.15, -0.1) is 0 Å². The standard InChI is InChI=1S/C15H18Cl2N4/c1-3-18-15-20-9-10(2)14(21-15)19-7-6-11-4-5-12(16)8-13(11)17/h4-5,8-9H,3,6-7H2,1-2H3,(H2,18,19,20,21). The number of aryl methyl sites for hydroxylation is 1. The monoisotopic (exact) mass is 324 g/mol. The van der Waals surface area contributed by atoms with Gasteiger partial charge in [0.15, 0.2) is 0 Å². The van der Waals surface area contributed by atoms with Crippen LogP contribution in [-0.2, 0) is 6.42 Å². The summed E-state index contributed by atoms with van der Waals surface area (Å²) in [5, 5.41) is 7.76. The second kappa shape index (κ2) is 7.48. The molecule has 6 heteroatoms. The molecule has 0 bridgehead atoms. The van der Waals surface area contributed by atoms with Crippen LogP contribution in [0, 0.1) is 6.92 Å². The van der Waals surface area contributed by atoms with Gasteiger partial charge in [-0.2, -0.15) is 4.98 Å². The second-order valence-electron chi connectivity index (χ2n) is 4.67. The van der Waals surface area contributed by atoms with Crippen molar-refractivity contribution < 1.29 is 0 Å². The van der Waals surface area contributed by atoms with E-state index < -0.39 is 0 Å². The van der Waals surface area contributed by atoms with Gasteiger partial charge in [-0.1, -0.05) is 29.3 Å². The number of hydrogen-bond donors (Lipinski definition) is 2. The first-order chi connectivity index (χ1) is 10.1. The van der Waals surface area contributed by atoms with E-state index in [0.717, 1.165) is 36.5 Å². The highest BCUT2D eigenvalue weighted by Crippen LogP contribution is 2.21. The maximum absolute atomic E-state index is 6.16. The molecule has 4 nitrogen and oxygen atoms in total.